The molecule has 0 spiro atoms. The van der Waals surface area contributed by atoms with Crippen LogP contribution in [-0.2, 0) is 10.3 Å². The van der Waals surface area contributed by atoms with Crippen LogP contribution in [0.3, 0.4) is 0 Å². The van der Waals surface area contributed by atoms with Crippen LogP contribution in [0.4, 0.5) is 10.5 Å². The molecule has 1 amide bonds. The Kier molecular flexibility index (Phi) is 4.12. The van der Waals surface area contributed by atoms with Crippen molar-refractivity contribution in [3.05, 3.63) is 28.2 Å². The summed E-state index contributed by atoms with van der Waals surface area (Å²) >= 11 is 3.43. The summed E-state index contributed by atoms with van der Waals surface area (Å²) in [6.07, 6.45) is 2.66. The van der Waals surface area contributed by atoms with Crippen LogP contribution in [0.15, 0.2) is 22.7 Å². The van der Waals surface area contributed by atoms with Crippen molar-refractivity contribution < 1.29 is 9.53 Å². The molecule has 1 aliphatic rings. The summed E-state index contributed by atoms with van der Waals surface area (Å²) in [7, 11) is 0. The number of anilines is 1. The zero-order valence-electron chi connectivity index (χ0n) is 12.1. The van der Waals surface area contributed by atoms with Crippen molar-refractivity contribution in [2.24, 2.45) is 5.73 Å². The summed E-state index contributed by atoms with van der Waals surface area (Å²) in [4.78, 5) is 11.8. The Hall–Kier alpha value is -1.07. The number of ether oxygens (including phenoxy) is 1. The van der Waals surface area contributed by atoms with Crippen LogP contribution in [0.1, 0.15) is 45.6 Å². The topological polar surface area (TPSA) is 64.3 Å². The van der Waals surface area contributed by atoms with Gasteiger partial charge in [0.1, 0.15) is 5.60 Å². The summed E-state index contributed by atoms with van der Waals surface area (Å²) in [6, 6.07) is 5.84. The van der Waals surface area contributed by atoms with Gasteiger partial charge in [0.2, 0.25) is 0 Å². The average molecular weight is 341 g/mol. The standard InChI is InChI=1S/C15H21BrN2O2/c1-14(2,3)20-13(19)18-12-9-10(5-6-11(12)16)15(17)7-4-8-15/h5-6,9H,4,7-8,17H2,1-3H3,(H,18,19). The van der Waals surface area contributed by atoms with E-state index in [0.717, 1.165) is 29.3 Å². The second-order valence-corrected chi connectivity index (χ2v) is 7.19. The molecule has 0 heterocycles. The zero-order chi connectivity index (χ0) is 15.0. The third-order valence-corrected chi connectivity index (χ3v) is 4.11. The number of amides is 1. The molecule has 3 N–H and O–H groups in total. The lowest BCUT2D eigenvalue weighted by Gasteiger charge is -2.39. The van der Waals surface area contributed by atoms with Gasteiger partial charge in [0.15, 0.2) is 0 Å². The number of carbonyl (C=O) groups excluding carboxylic acids is 1. The molecule has 1 saturated carbocycles. The molecule has 1 fully saturated rings. The van der Waals surface area contributed by atoms with Gasteiger partial charge in [-0.2, -0.15) is 0 Å². The van der Waals surface area contributed by atoms with Crippen LogP contribution in [0.25, 0.3) is 0 Å². The largest absolute Gasteiger partial charge is 0.444 e. The first-order chi connectivity index (χ1) is 9.20. The van der Waals surface area contributed by atoms with Gasteiger partial charge in [0, 0.05) is 10.0 Å². The number of halogens is 1. The third-order valence-electron chi connectivity index (χ3n) is 3.42. The molecular weight excluding hydrogens is 320 g/mol. The molecule has 5 heteroatoms. The number of hydrogen-bond donors (Lipinski definition) is 2. The Labute approximate surface area is 128 Å². The van der Waals surface area contributed by atoms with Crippen LogP contribution in [0, 0.1) is 0 Å². The van der Waals surface area contributed by atoms with E-state index in [9.17, 15) is 4.79 Å². The molecule has 0 atom stereocenters. The second kappa shape index (κ2) is 5.37. The van der Waals surface area contributed by atoms with E-state index >= 15 is 0 Å². The number of nitrogens with two attached hydrogens (primary N) is 1. The fourth-order valence-corrected chi connectivity index (χ4v) is 2.54. The average Bonchev–Trinajstić information content (AvgIpc) is 2.26. The van der Waals surface area contributed by atoms with Gasteiger partial charge in [-0.25, -0.2) is 4.79 Å². The van der Waals surface area contributed by atoms with Gasteiger partial charge in [-0.15, -0.1) is 0 Å². The number of hydrogen-bond acceptors (Lipinski definition) is 3. The van der Waals surface area contributed by atoms with Gasteiger partial charge >= 0.3 is 6.09 Å². The van der Waals surface area contributed by atoms with Gasteiger partial charge in [-0.05, 0) is 73.7 Å². The molecule has 1 aromatic carbocycles. The molecule has 2 rings (SSSR count). The fraction of sp³-hybridized carbons (Fsp3) is 0.533. The van der Waals surface area contributed by atoms with Crippen molar-refractivity contribution in [1.82, 2.24) is 0 Å². The van der Waals surface area contributed by atoms with Crippen LogP contribution in [-0.4, -0.2) is 11.7 Å². The number of nitrogens with one attached hydrogen (secondary N) is 1. The normalized spacial score (nSPS) is 17.2. The fourth-order valence-electron chi connectivity index (χ4n) is 2.19. The minimum atomic E-state index is -0.517. The first-order valence-corrected chi connectivity index (χ1v) is 7.58. The van der Waals surface area contributed by atoms with E-state index < -0.39 is 11.7 Å². The van der Waals surface area contributed by atoms with Gasteiger partial charge in [-0.3, -0.25) is 5.32 Å². The van der Waals surface area contributed by atoms with Crippen molar-refractivity contribution in [3.63, 3.8) is 0 Å². The van der Waals surface area contributed by atoms with Gasteiger partial charge in [0.25, 0.3) is 0 Å². The van der Waals surface area contributed by atoms with Crippen LogP contribution < -0.4 is 11.1 Å². The van der Waals surface area contributed by atoms with E-state index in [0.29, 0.717) is 5.69 Å². The molecular formula is C15H21BrN2O2. The van der Waals surface area contributed by atoms with Crippen LogP contribution >= 0.6 is 15.9 Å². The monoisotopic (exact) mass is 340 g/mol. The predicted octanol–water partition coefficient (Wildman–Crippen LogP) is 4.13. The Bertz CT molecular complexity index is 519. The lowest BCUT2D eigenvalue weighted by Crippen LogP contribution is -2.43. The maximum absolute atomic E-state index is 11.8. The Morgan fingerprint density at radius 2 is 2.05 bits per heavy atom. The highest BCUT2D eigenvalue weighted by atomic mass is 79.9. The Balaban J connectivity index is 2.15. The highest BCUT2D eigenvalue weighted by Crippen LogP contribution is 2.40. The number of carbonyl (C=O) groups is 1. The quantitative estimate of drug-likeness (QED) is 0.850. The molecule has 0 radical (unpaired) electrons. The minimum absolute atomic E-state index is 0.245. The van der Waals surface area contributed by atoms with E-state index in [1.54, 1.807) is 0 Å². The van der Waals surface area contributed by atoms with Crippen LogP contribution in [0.2, 0.25) is 0 Å². The molecule has 4 nitrogen and oxygen atoms in total. The zero-order valence-corrected chi connectivity index (χ0v) is 13.7. The van der Waals surface area contributed by atoms with Crippen molar-refractivity contribution in [2.45, 2.75) is 51.2 Å². The lowest BCUT2D eigenvalue weighted by atomic mass is 9.73. The number of benzene rings is 1. The smallest absolute Gasteiger partial charge is 0.412 e. The van der Waals surface area contributed by atoms with E-state index in [2.05, 4.69) is 21.2 Å². The van der Waals surface area contributed by atoms with Gasteiger partial charge in [-0.1, -0.05) is 6.07 Å². The van der Waals surface area contributed by atoms with Crippen LogP contribution in [0.5, 0.6) is 0 Å². The van der Waals surface area contributed by atoms with Gasteiger partial charge < -0.3 is 10.5 Å². The lowest BCUT2D eigenvalue weighted by molar-refractivity contribution is 0.0636. The molecule has 20 heavy (non-hydrogen) atoms. The summed E-state index contributed by atoms with van der Waals surface area (Å²) in [5.74, 6) is 0. The summed E-state index contributed by atoms with van der Waals surface area (Å²) in [6.45, 7) is 5.50. The molecule has 110 valence electrons. The highest BCUT2D eigenvalue weighted by molar-refractivity contribution is 9.10. The summed E-state index contributed by atoms with van der Waals surface area (Å²) < 4.78 is 6.08. The van der Waals surface area contributed by atoms with Crippen molar-refractivity contribution in [3.8, 4) is 0 Å². The Morgan fingerprint density at radius 3 is 2.55 bits per heavy atom. The second-order valence-electron chi connectivity index (χ2n) is 6.33. The number of rotatable bonds is 2. The molecule has 0 unspecified atom stereocenters. The van der Waals surface area contributed by atoms with E-state index in [1.165, 1.54) is 0 Å². The minimum Gasteiger partial charge on any atom is -0.444 e. The maximum atomic E-state index is 11.8. The van der Waals surface area contributed by atoms with E-state index in [-0.39, 0.29) is 5.54 Å². The molecule has 1 aromatic rings. The van der Waals surface area contributed by atoms with Crippen molar-refractivity contribution in [2.75, 3.05) is 5.32 Å². The first-order valence-electron chi connectivity index (χ1n) is 6.79. The van der Waals surface area contributed by atoms with Gasteiger partial charge in [0.05, 0.1) is 5.69 Å². The Morgan fingerprint density at radius 1 is 1.40 bits per heavy atom. The molecule has 0 aromatic heterocycles. The molecule has 0 aliphatic heterocycles. The maximum Gasteiger partial charge on any atom is 0.412 e. The van der Waals surface area contributed by atoms with E-state index in [4.69, 9.17) is 10.5 Å². The molecule has 1 aliphatic carbocycles. The SMILES string of the molecule is CC(C)(C)OC(=O)Nc1cc(C2(N)CCC2)ccc1Br. The third kappa shape index (κ3) is 3.52. The first kappa shape index (κ1) is 15.3. The van der Waals surface area contributed by atoms with Crippen molar-refractivity contribution in [1.29, 1.82) is 0 Å². The van der Waals surface area contributed by atoms with E-state index in [1.807, 2.05) is 39.0 Å². The molecule has 0 saturated heterocycles. The highest BCUT2D eigenvalue weighted by Gasteiger charge is 2.34. The molecule has 0 bridgehead atoms. The summed E-state index contributed by atoms with van der Waals surface area (Å²) in [5.41, 5.74) is 7.30. The summed E-state index contributed by atoms with van der Waals surface area (Å²) in [5, 5.41) is 2.76. The van der Waals surface area contributed by atoms with Crippen molar-refractivity contribution >= 4 is 27.7 Å². The predicted molar refractivity (Wildman–Crippen MR) is 83.7 cm³/mol.